The second-order valence-electron chi connectivity index (χ2n) is 5.88. The minimum absolute atomic E-state index is 1.09. The Labute approximate surface area is 86.1 Å². The van der Waals surface area contributed by atoms with Gasteiger partial charge in [0.2, 0.25) is 0 Å². The quantitative estimate of drug-likeness (QED) is 0.528. The Morgan fingerprint density at radius 3 is 1.08 bits per heavy atom. The van der Waals surface area contributed by atoms with Crippen LogP contribution in [-0.2, 0) is 0 Å². The molecule has 0 bridgehead atoms. The number of hydrogen-bond donors (Lipinski definition) is 0. The van der Waals surface area contributed by atoms with E-state index >= 15 is 0 Å². The molecule has 80 valence electrons. The van der Waals surface area contributed by atoms with Crippen molar-refractivity contribution in [2.24, 2.45) is 0 Å². The molecule has 0 N–H and O–H groups in total. The first-order valence-corrected chi connectivity index (χ1v) is 11.9. The maximum atomic E-state index is 2.53. The van der Waals surface area contributed by atoms with Crippen molar-refractivity contribution < 1.29 is 0 Å². The minimum Gasteiger partial charge on any atom is -0.315 e. The molecule has 0 fully saturated rings. The smallest absolute Gasteiger partial charge is 0.120 e. The standard InChI is InChI=1S/C9H26N2Si2/c1-10(12(3,4)5)9-11(2)13(6,7)8/h9H2,1-8H3. The maximum Gasteiger partial charge on any atom is 0.120 e. The van der Waals surface area contributed by atoms with Gasteiger partial charge in [0, 0.05) is 6.67 Å². The Hall–Kier alpha value is 0.354. The Balaban J connectivity index is 4.15. The van der Waals surface area contributed by atoms with Crippen molar-refractivity contribution in [3.8, 4) is 0 Å². The van der Waals surface area contributed by atoms with E-state index in [1.807, 2.05) is 0 Å². The van der Waals surface area contributed by atoms with Crippen molar-refractivity contribution in [1.82, 2.24) is 9.13 Å². The van der Waals surface area contributed by atoms with E-state index in [1.165, 1.54) is 0 Å². The Morgan fingerprint density at radius 2 is 0.923 bits per heavy atom. The molecule has 0 amide bonds. The van der Waals surface area contributed by atoms with Gasteiger partial charge < -0.3 is 9.13 Å². The zero-order valence-corrected chi connectivity index (χ0v) is 12.6. The Kier molecular flexibility index (Phi) is 4.37. The van der Waals surface area contributed by atoms with Gasteiger partial charge in [-0.15, -0.1) is 0 Å². The molecule has 0 rings (SSSR count). The summed E-state index contributed by atoms with van der Waals surface area (Å²) >= 11 is 0. The molecule has 0 saturated carbocycles. The van der Waals surface area contributed by atoms with E-state index in [9.17, 15) is 0 Å². The van der Waals surface area contributed by atoms with Gasteiger partial charge in [-0.25, -0.2) is 0 Å². The lowest BCUT2D eigenvalue weighted by Crippen LogP contribution is -2.54. The van der Waals surface area contributed by atoms with Gasteiger partial charge in [-0.1, -0.05) is 39.3 Å². The fourth-order valence-corrected chi connectivity index (χ4v) is 2.16. The largest absolute Gasteiger partial charge is 0.315 e. The second kappa shape index (κ2) is 4.25. The van der Waals surface area contributed by atoms with E-state index in [4.69, 9.17) is 0 Å². The van der Waals surface area contributed by atoms with E-state index in [-0.39, 0.29) is 0 Å². The highest BCUT2D eigenvalue weighted by Crippen LogP contribution is 2.11. The lowest BCUT2D eigenvalue weighted by Gasteiger charge is -2.38. The van der Waals surface area contributed by atoms with Crippen LogP contribution in [0.15, 0.2) is 0 Å². The summed E-state index contributed by atoms with van der Waals surface area (Å²) in [6.07, 6.45) is 0. The molecule has 0 aromatic rings. The third-order valence-corrected chi connectivity index (χ3v) is 7.58. The number of rotatable bonds is 4. The molecule has 0 spiro atoms. The van der Waals surface area contributed by atoms with Crippen LogP contribution in [0.2, 0.25) is 39.3 Å². The first-order valence-electron chi connectivity index (χ1n) is 4.97. The van der Waals surface area contributed by atoms with E-state index in [0.717, 1.165) is 6.67 Å². The second-order valence-corrected chi connectivity index (χ2v) is 16.1. The molecule has 13 heavy (non-hydrogen) atoms. The molecule has 0 unspecified atom stereocenters. The van der Waals surface area contributed by atoms with Crippen molar-refractivity contribution in [2.75, 3.05) is 20.8 Å². The molecule has 0 saturated heterocycles. The lowest BCUT2D eigenvalue weighted by molar-refractivity contribution is 0.350. The average molecular weight is 218 g/mol. The van der Waals surface area contributed by atoms with E-state index in [1.54, 1.807) is 0 Å². The third kappa shape index (κ3) is 4.95. The van der Waals surface area contributed by atoms with Gasteiger partial charge >= 0.3 is 0 Å². The van der Waals surface area contributed by atoms with Crippen LogP contribution < -0.4 is 0 Å². The maximum absolute atomic E-state index is 2.53. The van der Waals surface area contributed by atoms with Crippen LogP contribution in [0, 0.1) is 0 Å². The van der Waals surface area contributed by atoms with Gasteiger partial charge in [-0.3, -0.25) is 0 Å². The van der Waals surface area contributed by atoms with Crippen LogP contribution in [0.1, 0.15) is 0 Å². The van der Waals surface area contributed by atoms with Gasteiger partial charge in [0.1, 0.15) is 16.5 Å². The van der Waals surface area contributed by atoms with Crippen LogP contribution in [0.3, 0.4) is 0 Å². The molecule has 2 nitrogen and oxygen atoms in total. The molecule has 0 heterocycles. The van der Waals surface area contributed by atoms with Crippen LogP contribution in [0.5, 0.6) is 0 Å². The first-order chi connectivity index (χ1) is 5.55. The average Bonchev–Trinajstić information content (AvgIpc) is 1.82. The van der Waals surface area contributed by atoms with Gasteiger partial charge in [-0.2, -0.15) is 0 Å². The molecule has 0 radical (unpaired) electrons. The highest BCUT2D eigenvalue weighted by atomic mass is 28.3. The molecule has 0 atom stereocenters. The summed E-state index contributed by atoms with van der Waals surface area (Å²) in [7, 11) is 2.33. The zero-order chi connectivity index (χ0) is 10.9. The third-order valence-electron chi connectivity index (χ3n) is 2.71. The monoisotopic (exact) mass is 218 g/mol. The van der Waals surface area contributed by atoms with E-state index < -0.39 is 16.5 Å². The molecular formula is C9H26N2Si2. The molecule has 0 aliphatic rings. The van der Waals surface area contributed by atoms with Crippen LogP contribution in [0.25, 0.3) is 0 Å². The highest BCUT2D eigenvalue weighted by Gasteiger charge is 2.25. The molecule has 0 aliphatic heterocycles. The summed E-state index contributed by atoms with van der Waals surface area (Å²) in [5.74, 6) is 0. The van der Waals surface area contributed by atoms with Crippen LogP contribution in [-0.4, -0.2) is 46.4 Å². The van der Waals surface area contributed by atoms with Gasteiger partial charge in [0.15, 0.2) is 0 Å². The molecule has 0 aromatic carbocycles. The SMILES string of the molecule is CN(CN(C)[Si](C)(C)C)[Si](C)(C)C. The topological polar surface area (TPSA) is 6.48 Å². The van der Waals surface area contributed by atoms with E-state index in [2.05, 4.69) is 62.5 Å². The molecule has 0 aliphatic carbocycles. The summed E-state index contributed by atoms with van der Waals surface area (Å²) in [5.41, 5.74) is 0. The number of nitrogens with zero attached hydrogens (tertiary/aromatic N) is 2. The van der Waals surface area contributed by atoms with Crippen molar-refractivity contribution in [1.29, 1.82) is 0 Å². The normalized spacial score (nSPS) is 14.3. The van der Waals surface area contributed by atoms with E-state index in [0.29, 0.717) is 0 Å². The summed E-state index contributed by atoms with van der Waals surface area (Å²) < 4.78 is 5.07. The Bertz CT molecular complexity index is 140. The lowest BCUT2D eigenvalue weighted by atomic mass is 11.0. The summed E-state index contributed by atoms with van der Waals surface area (Å²) in [5, 5.41) is 0. The van der Waals surface area contributed by atoms with Crippen molar-refractivity contribution in [2.45, 2.75) is 39.3 Å². The predicted octanol–water partition coefficient (Wildman–Crippen LogP) is 2.48. The number of hydrogen-bond acceptors (Lipinski definition) is 2. The molecular weight excluding hydrogens is 192 g/mol. The van der Waals surface area contributed by atoms with Crippen molar-refractivity contribution >= 4 is 16.5 Å². The Morgan fingerprint density at radius 1 is 0.692 bits per heavy atom. The van der Waals surface area contributed by atoms with Crippen LogP contribution >= 0.6 is 0 Å². The van der Waals surface area contributed by atoms with Gasteiger partial charge in [-0.05, 0) is 14.1 Å². The summed E-state index contributed by atoms with van der Waals surface area (Å²) in [6, 6.07) is 0. The van der Waals surface area contributed by atoms with Gasteiger partial charge in [0.05, 0.1) is 0 Å². The van der Waals surface area contributed by atoms with Gasteiger partial charge in [0.25, 0.3) is 0 Å². The molecule has 4 heteroatoms. The minimum atomic E-state index is -1.09. The predicted molar refractivity (Wildman–Crippen MR) is 67.1 cm³/mol. The van der Waals surface area contributed by atoms with Crippen molar-refractivity contribution in [3.05, 3.63) is 0 Å². The summed E-state index contributed by atoms with van der Waals surface area (Å²) in [6.45, 7) is 15.5. The summed E-state index contributed by atoms with van der Waals surface area (Å²) in [4.78, 5) is 0. The fraction of sp³-hybridized carbons (Fsp3) is 1.00. The first kappa shape index (κ1) is 13.4. The fourth-order valence-electron chi connectivity index (χ4n) is 0.742. The van der Waals surface area contributed by atoms with Crippen molar-refractivity contribution in [3.63, 3.8) is 0 Å². The zero-order valence-electron chi connectivity index (χ0n) is 10.6. The van der Waals surface area contributed by atoms with Crippen LogP contribution in [0.4, 0.5) is 0 Å². The molecule has 0 aromatic heterocycles. The highest BCUT2D eigenvalue weighted by molar-refractivity contribution is 6.74.